The van der Waals surface area contributed by atoms with Crippen molar-refractivity contribution < 1.29 is 22.9 Å². The lowest BCUT2D eigenvalue weighted by molar-refractivity contribution is -0.136. The quantitative estimate of drug-likeness (QED) is 0.376. The summed E-state index contributed by atoms with van der Waals surface area (Å²) in [4.78, 5) is 11.4. The summed E-state index contributed by atoms with van der Waals surface area (Å²) in [6.07, 6.45) is -0.215. The van der Waals surface area contributed by atoms with Crippen LogP contribution in [0.1, 0.15) is 23.1 Å². The molecule has 0 saturated heterocycles. The van der Waals surface area contributed by atoms with Gasteiger partial charge in [0.1, 0.15) is 0 Å². The third-order valence-corrected chi connectivity index (χ3v) is 7.61. The Morgan fingerprint density at radius 3 is 1.47 bits per heavy atom. The molecule has 3 rings (SSSR count). The Kier molecular flexibility index (Phi) is 6.97. The summed E-state index contributed by atoms with van der Waals surface area (Å²) in [5, 5.41) is 7.38. The SMILES string of the molecule is O=C(O)C(CCSC(c1ccccc1)(c1ccccc1)c1ccccc1)S(=O)(=O)O. The van der Waals surface area contributed by atoms with E-state index in [9.17, 15) is 22.9 Å². The van der Waals surface area contributed by atoms with E-state index in [1.165, 1.54) is 11.8 Å². The first-order valence-electron chi connectivity index (χ1n) is 9.35. The third kappa shape index (κ3) is 4.75. The van der Waals surface area contributed by atoms with Gasteiger partial charge in [0.2, 0.25) is 0 Å². The van der Waals surface area contributed by atoms with Crippen molar-refractivity contribution in [3.8, 4) is 0 Å². The molecule has 0 heterocycles. The van der Waals surface area contributed by atoms with E-state index < -0.39 is 26.1 Å². The molecule has 0 aliphatic rings. The molecule has 0 saturated carbocycles. The molecule has 3 aromatic rings. The highest BCUT2D eigenvalue weighted by Crippen LogP contribution is 2.48. The van der Waals surface area contributed by atoms with Crippen LogP contribution in [0.25, 0.3) is 0 Å². The Labute approximate surface area is 180 Å². The number of hydrogen-bond acceptors (Lipinski definition) is 4. The number of carboxylic acids is 1. The van der Waals surface area contributed by atoms with Crippen molar-refractivity contribution >= 4 is 27.8 Å². The van der Waals surface area contributed by atoms with Crippen molar-refractivity contribution in [1.29, 1.82) is 0 Å². The summed E-state index contributed by atoms with van der Waals surface area (Å²) in [5.41, 5.74) is 2.98. The molecule has 7 heteroatoms. The molecule has 0 aliphatic heterocycles. The third-order valence-electron chi connectivity index (χ3n) is 4.87. The lowest BCUT2D eigenvalue weighted by Gasteiger charge is -2.35. The van der Waals surface area contributed by atoms with E-state index in [2.05, 4.69) is 0 Å². The lowest BCUT2D eigenvalue weighted by Crippen LogP contribution is -2.32. The van der Waals surface area contributed by atoms with Crippen LogP contribution in [-0.2, 0) is 19.7 Å². The second kappa shape index (κ2) is 9.47. The van der Waals surface area contributed by atoms with Crippen LogP contribution in [-0.4, -0.2) is 35.0 Å². The minimum absolute atomic E-state index is 0.204. The van der Waals surface area contributed by atoms with Crippen LogP contribution in [0.3, 0.4) is 0 Å². The molecular weight excluding hydrogens is 420 g/mol. The topological polar surface area (TPSA) is 91.7 Å². The summed E-state index contributed by atoms with van der Waals surface area (Å²) in [6, 6.07) is 29.4. The van der Waals surface area contributed by atoms with Crippen LogP contribution in [0, 0.1) is 0 Å². The fourth-order valence-electron chi connectivity index (χ4n) is 3.49. The Balaban J connectivity index is 2.09. The van der Waals surface area contributed by atoms with Crippen molar-refractivity contribution in [3.63, 3.8) is 0 Å². The van der Waals surface area contributed by atoms with Crippen LogP contribution in [0.15, 0.2) is 91.0 Å². The van der Waals surface area contributed by atoms with Gasteiger partial charge in [-0.05, 0) is 28.9 Å². The Morgan fingerprint density at radius 1 is 0.800 bits per heavy atom. The first-order valence-corrected chi connectivity index (χ1v) is 11.8. The van der Waals surface area contributed by atoms with E-state index in [0.29, 0.717) is 0 Å². The fraction of sp³-hybridized carbons (Fsp3) is 0.174. The number of carboxylic acid groups (broad SMARTS) is 1. The number of aliphatic carboxylic acids is 1. The highest BCUT2D eigenvalue weighted by molar-refractivity contribution is 8.00. The van der Waals surface area contributed by atoms with E-state index in [-0.39, 0.29) is 12.2 Å². The van der Waals surface area contributed by atoms with Gasteiger partial charge in [-0.1, -0.05) is 91.0 Å². The standard InChI is InChI=1S/C23H22O5S2/c24-22(25)21(30(26,27)28)16-17-29-23(18-10-4-1-5-11-18,19-12-6-2-7-13-19)20-14-8-3-9-15-20/h1-15,21H,16-17H2,(H,24,25)(H,26,27,28). The molecule has 0 spiro atoms. The largest absolute Gasteiger partial charge is 0.480 e. The van der Waals surface area contributed by atoms with Gasteiger partial charge < -0.3 is 5.11 Å². The van der Waals surface area contributed by atoms with Crippen LogP contribution in [0.4, 0.5) is 0 Å². The highest BCUT2D eigenvalue weighted by atomic mass is 32.2. The molecule has 0 aliphatic carbocycles. The maximum absolute atomic E-state index is 11.5. The van der Waals surface area contributed by atoms with E-state index in [0.717, 1.165) is 16.7 Å². The Hall–Kier alpha value is -2.61. The zero-order valence-electron chi connectivity index (χ0n) is 16.1. The second-order valence-electron chi connectivity index (χ2n) is 6.76. The maximum atomic E-state index is 11.5. The number of carbonyl (C=O) groups is 1. The van der Waals surface area contributed by atoms with Crippen LogP contribution in [0.5, 0.6) is 0 Å². The van der Waals surface area contributed by atoms with Gasteiger partial charge in [0.15, 0.2) is 5.25 Å². The smallest absolute Gasteiger partial charge is 0.324 e. The molecule has 0 amide bonds. The van der Waals surface area contributed by atoms with Gasteiger partial charge in [-0.15, -0.1) is 11.8 Å². The first kappa shape index (κ1) is 22.1. The minimum atomic E-state index is -4.69. The normalized spacial score (nSPS) is 13.0. The van der Waals surface area contributed by atoms with E-state index in [4.69, 9.17) is 0 Å². The second-order valence-corrected chi connectivity index (χ2v) is 9.67. The van der Waals surface area contributed by atoms with Gasteiger partial charge in [-0.3, -0.25) is 9.35 Å². The molecule has 30 heavy (non-hydrogen) atoms. The summed E-state index contributed by atoms with van der Waals surface area (Å²) in [7, 11) is -4.69. The molecule has 0 radical (unpaired) electrons. The maximum Gasteiger partial charge on any atom is 0.324 e. The van der Waals surface area contributed by atoms with Gasteiger partial charge in [-0.25, -0.2) is 0 Å². The van der Waals surface area contributed by atoms with Gasteiger partial charge in [0, 0.05) is 0 Å². The molecule has 1 atom stereocenters. The number of thioether (sulfide) groups is 1. The summed E-state index contributed by atoms with van der Waals surface area (Å²) >= 11 is 1.45. The Bertz CT molecular complexity index is 972. The van der Waals surface area contributed by atoms with E-state index in [1.807, 2.05) is 91.0 Å². The zero-order valence-corrected chi connectivity index (χ0v) is 17.7. The zero-order chi connectivity index (χ0) is 21.6. The minimum Gasteiger partial charge on any atom is -0.480 e. The Morgan fingerprint density at radius 2 is 1.17 bits per heavy atom. The molecule has 5 nitrogen and oxygen atoms in total. The number of rotatable bonds is 9. The van der Waals surface area contributed by atoms with Crippen molar-refractivity contribution in [3.05, 3.63) is 108 Å². The van der Waals surface area contributed by atoms with Crippen molar-refractivity contribution in [1.82, 2.24) is 0 Å². The lowest BCUT2D eigenvalue weighted by atomic mass is 9.84. The van der Waals surface area contributed by atoms with Gasteiger partial charge in [0.05, 0.1) is 4.75 Å². The number of benzene rings is 3. The van der Waals surface area contributed by atoms with Crippen molar-refractivity contribution in [2.75, 3.05) is 5.75 Å². The van der Waals surface area contributed by atoms with Crippen LogP contribution in [0.2, 0.25) is 0 Å². The molecule has 0 fully saturated rings. The summed E-state index contributed by atoms with van der Waals surface area (Å²) in [6.45, 7) is 0. The van der Waals surface area contributed by atoms with Crippen molar-refractivity contribution in [2.45, 2.75) is 16.4 Å². The van der Waals surface area contributed by atoms with Crippen LogP contribution < -0.4 is 0 Å². The molecule has 156 valence electrons. The monoisotopic (exact) mass is 442 g/mol. The van der Waals surface area contributed by atoms with Crippen LogP contribution >= 0.6 is 11.8 Å². The fourth-order valence-corrected chi connectivity index (χ4v) is 5.88. The summed E-state index contributed by atoms with van der Waals surface area (Å²) in [5.74, 6) is -1.35. The number of hydrogen-bond donors (Lipinski definition) is 2. The average molecular weight is 443 g/mol. The summed E-state index contributed by atoms with van der Waals surface area (Å²) < 4.78 is 31.6. The predicted octanol–water partition coefficient (Wildman–Crippen LogP) is 4.44. The van der Waals surface area contributed by atoms with Crippen molar-refractivity contribution in [2.24, 2.45) is 0 Å². The average Bonchev–Trinajstić information content (AvgIpc) is 2.75. The predicted molar refractivity (Wildman–Crippen MR) is 119 cm³/mol. The molecule has 3 aromatic carbocycles. The molecule has 2 N–H and O–H groups in total. The van der Waals surface area contributed by atoms with Gasteiger partial charge in [0.25, 0.3) is 10.1 Å². The van der Waals surface area contributed by atoms with E-state index in [1.54, 1.807) is 0 Å². The van der Waals surface area contributed by atoms with E-state index >= 15 is 0 Å². The first-order chi connectivity index (χ1) is 14.4. The molecule has 1 unspecified atom stereocenters. The van der Waals surface area contributed by atoms with Gasteiger partial charge in [-0.2, -0.15) is 8.42 Å². The van der Waals surface area contributed by atoms with Gasteiger partial charge >= 0.3 is 5.97 Å². The molecular formula is C23H22O5S2. The molecule has 0 bridgehead atoms. The molecule has 0 aromatic heterocycles. The highest BCUT2D eigenvalue weighted by Gasteiger charge is 2.38.